The normalized spacial score (nSPS) is 12.8. The Morgan fingerprint density at radius 2 is 1.43 bits per heavy atom. The predicted octanol–water partition coefficient (Wildman–Crippen LogP) is 4.15. The van der Waals surface area contributed by atoms with E-state index in [0.717, 1.165) is 30.9 Å². The molecule has 0 saturated carbocycles. The first-order valence-electron chi connectivity index (χ1n) is 6.81. The first-order chi connectivity index (χ1) is 9.81. The summed E-state index contributed by atoms with van der Waals surface area (Å²) in [4.78, 5) is 2.19. The van der Waals surface area contributed by atoms with Gasteiger partial charge in [-0.3, -0.25) is 0 Å². The zero-order valence-corrected chi connectivity index (χ0v) is 14.8. The number of hydrogen-bond donors (Lipinski definition) is 0. The highest BCUT2D eigenvalue weighted by molar-refractivity contribution is 14.0. The smallest absolute Gasteiger partial charge is 0.122 e. The van der Waals surface area contributed by atoms with E-state index in [1.54, 1.807) is 14.2 Å². The van der Waals surface area contributed by atoms with Crippen LogP contribution in [0.3, 0.4) is 0 Å². The molecule has 0 N–H and O–H groups in total. The number of benzene rings is 1. The van der Waals surface area contributed by atoms with Gasteiger partial charge in [-0.1, -0.05) is 12.2 Å². The minimum absolute atomic E-state index is 0. The first-order valence-corrected chi connectivity index (χ1v) is 6.81. The molecule has 0 fully saturated rings. The van der Waals surface area contributed by atoms with Crippen LogP contribution >= 0.6 is 24.0 Å². The molecule has 0 radical (unpaired) electrons. The molecule has 0 spiro atoms. The molecule has 0 unspecified atom stereocenters. The average molecular weight is 399 g/mol. The molecule has 114 valence electrons. The lowest BCUT2D eigenvalue weighted by atomic mass is 10.1. The van der Waals surface area contributed by atoms with Gasteiger partial charge in [-0.05, 0) is 42.7 Å². The van der Waals surface area contributed by atoms with Crippen LogP contribution in [-0.4, -0.2) is 25.7 Å². The summed E-state index contributed by atoms with van der Waals surface area (Å²) in [6, 6.07) is 6.03. The standard InChI is InChI=1S/C17H21NO2.HI/c1-19-16-12-15(13-17(14-16)20-2)8-7-11-18-9-5-3-4-6-10-18;/h3-6,9-10,12-14H,7-8,11H2,1-2H3;1H. The molecule has 0 saturated heterocycles. The lowest BCUT2D eigenvalue weighted by Gasteiger charge is -2.15. The predicted molar refractivity (Wildman–Crippen MR) is 97.4 cm³/mol. The topological polar surface area (TPSA) is 21.7 Å². The lowest BCUT2D eigenvalue weighted by molar-refractivity contribution is 0.393. The van der Waals surface area contributed by atoms with Gasteiger partial charge in [0.25, 0.3) is 0 Å². The summed E-state index contributed by atoms with van der Waals surface area (Å²) in [6.07, 6.45) is 14.4. The van der Waals surface area contributed by atoms with Crippen molar-refractivity contribution >= 4 is 24.0 Å². The van der Waals surface area contributed by atoms with Gasteiger partial charge in [0.1, 0.15) is 11.5 Å². The summed E-state index contributed by atoms with van der Waals surface area (Å²) in [5, 5.41) is 0. The molecule has 0 aliphatic carbocycles. The van der Waals surface area contributed by atoms with Crippen molar-refractivity contribution in [1.29, 1.82) is 0 Å². The number of allylic oxidation sites excluding steroid dienone is 4. The molecule has 2 rings (SSSR count). The van der Waals surface area contributed by atoms with Crippen molar-refractivity contribution in [2.75, 3.05) is 20.8 Å². The maximum Gasteiger partial charge on any atom is 0.122 e. The summed E-state index contributed by atoms with van der Waals surface area (Å²) >= 11 is 0. The third-order valence-electron chi connectivity index (χ3n) is 3.18. The van der Waals surface area contributed by atoms with E-state index in [9.17, 15) is 0 Å². The van der Waals surface area contributed by atoms with E-state index < -0.39 is 0 Å². The third kappa shape index (κ3) is 5.83. The van der Waals surface area contributed by atoms with E-state index in [2.05, 4.69) is 41.6 Å². The Balaban J connectivity index is 0.00000220. The fraction of sp³-hybridized carbons (Fsp3) is 0.294. The number of halogens is 1. The number of nitrogens with zero attached hydrogens (tertiary/aromatic N) is 1. The van der Waals surface area contributed by atoms with Crippen LogP contribution in [0.25, 0.3) is 0 Å². The quantitative estimate of drug-likeness (QED) is 0.671. The van der Waals surface area contributed by atoms with E-state index in [4.69, 9.17) is 9.47 Å². The van der Waals surface area contributed by atoms with Gasteiger partial charge in [-0.2, -0.15) is 0 Å². The second-order valence-corrected chi connectivity index (χ2v) is 4.63. The van der Waals surface area contributed by atoms with Crippen LogP contribution in [0, 0.1) is 0 Å². The number of methoxy groups -OCH3 is 2. The molecule has 21 heavy (non-hydrogen) atoms. The zero-order valence-electron chi connectivity index (χ0n) is 12.5. The maximum atomic E-state index is 5.29. The third-order valence-corrected chi connectivity index (χ3v) is 3.18. The van der Waals surface area contributed by atoms with Crippen molar-refractivity contribution in [1.82, 2.24) is 4.90 Å². The van der Waals surface area contributed by atoms with Crippen molar-refractivity contribution in [2.24, 2.45) is 0 Å². The average Bonchev–Trinajstić information content (AvgIpc) is 2.75. The molecule has 0 aromatic heterocycles. The maximum absolute atomic E-state index is 5.29. The first kappa shape index (κ1) is 17.6. The monoisotopic (exact) mass is 399 g/mol. The van der Waals surface area contributed by atoms with E-state index in [-0.39, 0.29) is 24.0 Å². The van der Waals surface area contributed by atoms with Crippen LogP contribution in [0.2, 0.25) is 0 Å². The number of aryl methyl sites for hydroxylation is 1. The van der Waals surface area contributed by atoms with Crippen LogP contribution in [0.4, 0.5) is 0 Å². The van der Waals surface area contributed by atoms with E-state index in [1.165, 1.54) is 5.56 Å². The molecule has 4 heteroatoms. The van der Waals surface area contributed by atoms with Gasteiger partial charge in [0.05, 0.1) is 14.2 Å². The van der Waals surface area contributed by atoms with Gasteiger partial charge in [0.15, 0.2) is 0 Å². The van der Waals surface area contributed by atoms with Crippen molar-refractivity contribution in [2.45, 2.75) is 12.8 Å². The van der Waals surface area contributed by atoms with Gasteiger partial charge >= 0.3 is 0 Å². The summed E-state index contributed by atoms with van der Waals surface area (Å²) < 4.78 is 10.6. The molecule has 1 aliphatic rings. The molecule has 1 aliphatic heterocycles. The van der Waals surface area contributed by atoms with Crippen LogP contribution in [0.5, 0.6) is 11.5 Å². The fourth-order valence-corrected chi connectivity index (χ4v) is 2.12. The minimum Gasteiger partial charge on any atom is -0.497 e. The van der Waals surface area contributed by atoms with Crippen molar-refractivity contribution in [3.8, 4) is 11.5 Å². The molecule has 1 aromatic carbocycles. The van der Waals surface area contributed by atoms with Gasteiger partial charge in [-0.15, -0.1) is 24.0 Å². The van der Waals surface area contributed by atoms with Crippen LogP contribution in [0.1, 0.15) is 12.0 Å². The van der Waals surface area contributed by atoms with Gasteiger partial charge < -0.3 is 14.4 Å². The molecular weight excluding hydrogens is 377 g/mol. The highest BCUT2D eigenvalue weighted by Gasteiger charge is 2.03. The van der Waals surface area contributed by atoms with Crippen LogP contribution < -0.4 is 9.47 Å². The van der Waals surface area contributed by atoms with Gasteiger partial charge in [0.2, 0.25) is 0 Å². The van der Waals surface area contributed by atoms with Gasteiger partial charge in [0, 0.05) is 25.0 Å². The molecule has 0 bridgehead atoms. The fourth-order valence-electron chi connectivity index (χ4n) is 2.12. The molecular formula is C17H22INO2. The number of rotatable bonds is 6. The Morgan fingerprint density at radius 1 is 0.857 bits per heavy atom. The zero-order chi connectivity index (χ0) is 14.2. The summed E-state index contributed by atoms with van der Waals surface area (Å²) in [7, 11) is 3.36. The van der Waals surface area contributed by atoms with E-state index >= 15 is 0 Å². The van der Waals surface area contributed by atoms with E-state index in [1.807, 2.05) is 18.2 Å². The second kappa shape index (κ2) is 9.50. The Labute approximate surface area is 144 Å². The molecule has 0 atom stereocenters. The van der Waals surface area contributed by atoms with E-state index in [0.29, 0.717) is 0 Å². The highest BCUT2D eigenvalue weighted by Crippen LogP contribution is 2.23. The largest absolute Gasteiger partial charge is 0.497 e. The summed E-state index contributed by atoms with van der Waals surface area (Å²) in [5.41, 5.74) is 1.24. The summed E-state index contributed by atoms with van der Waals surface area (Å²) in [5.74, 6) is 1.69. The minimum atomic E-state index is 0. The van der Waals surface area contributed by atoms with Crippen LogP contribution in [-0.2, 0) is 6.42 Å². The van der Waals surface area contributed by atoms with Crippen LogP contribution in [0.15, 0.2) is 54.9 Å². The Morgan fingerprint density at radius 3 is 1.95 bits per heavy atom. The van der Waals surface area contributed by atoms with Crippen molar-refractivity contribution in [3.05, 3.63) is 60.5 Å². The number of hydrogen-bond acceptors (Lipinski definition) is 3. The Hall–Kier alpha value is -1.43. The number of ether oxygens (including phenoxy) is 2. The second-order valence-electron chi connectivity index (χ2n) is 4.63. The lowest BCUT2D eigenvalue weighted by Crippen LogP contribution is -2.11. The Kier molecular flexibility index (Phi) is 7.97. The molecule has 3 nitrogen and oxygen atoms in total. The molecule has 1 aromatic rings. The summed E-state index contributed by atoms with van der Waals surface area (Å²) in [6.45, 7) is 0.994. The van der Waals surface area contributed by atoms with Gasteiger partial charge in [-0.25, -0.2) is 0 Å². The molecule has 0 amide bonds. The molecule has 1 heterocycles. The van der Waals surface area contributed by atoms with Crippen molar-refractivity contribution in [3.63, 3.8) is 0 Å². The Bertz CT molecular complexity index is 485. The van der Waals surface area contributed by atoms with Crippen molar-refractivity contribution < 1.29 is 9.47 Å². The highest BCUT2D eigenvalue weighted by atomic mass is 127. The SMILES string of the molecule is COc1cc(CCCN2C=CC=CC=C2)cc(OC)c1.I.